The maximum absolute atomic E-state index is 6.26. The number of halogens is 1. The number of nitrogen functional groups attached to an aromatic ring is 1. The molecule has 84 valence electrons. The zero-order valence-electron chi connectivity index (χ0n) is 9.20. The average molecular weight is 236 g/mol. The van der Waals surface area contributed by atoms with E-state index in [0.717, 1.165) is 21.6 Å². The van der Waals surface area contributed by atoms with Crippen LogP contribution < -0.4 is 5.73 Å². The van der Waals surface area contributed by atoms with Crippen LogP contribution in [0.3, 0.4) is 0 Å². The number of nitrogens with zero attached hydrogens (tertiary/aromatic N) is 2. The Bertz CT molecular complexity index is 555. The Kier molecular flexibility index (Phi) is 2.11. The van der Waals surface area contributed by atoms with Crippen LogP contribution in [0.15, 0.2) is 12.4 Å². The number of pyridine rings is 1. The van der Waals surface area contributed by atoms with Gasteiger partial charge in [0.2, 0.25) is 0 Å². The summed E-state index contributed by atoms with van der Waals surface area (Å²) in [7, 11) is 0. The summed E-state index contributed by atoms with van der Waals surface area (Å²) in [6, 6.07) is 0.575. The van der Waals surface area contributed by atoms with Crippen LogP contribution in [0.4, 0.5) is 5.69 Å². The zero-order valence-corrected chi connectivity index (χ0v) is 9.96. The van der Waals surface area contributed by atoms with Crippen molar-refractivity contribution in [3.05, 3.63) is 23.0 Å². The number of aromatic nitrogens is 2. The Hall–Kier alpha value is -1.22. The van der Waals surface area contributed by atoms with E-state index in [0.29, 0.717) is 11.7 Å². The molecule has 16 heavy (non-hydrogen) atoms. The van der Waals surface area contributed by atoms with E-state index in [2.05, 4.69) is 9.55 Å². The highest BCUT2D eigenvalue weighted by Crippen LogP contribution is 2.38. The monoisotopic (exact) mass is 235 g/mol. The van der Waals surface area contributed by atoms with Gasteiger partial charge < -0.3 is 10.3 Å². The van der Waals surface area contributed by atoms with Gasteiger partial charge in [0, 0.05) is 17.6 Å². The molecular weight excluding hydrogens is 222 g/mol. The molecule has 4 heteroatoms. The molecule has 1 saturated carbocycles. The molecule has 2 N–H and O–H groups in total. The molecule has 0 aliphatic heterocycles. The Balaban J connectivity index is 2.28. The molecule has 0 atom stereocenters. The zero-order chi connectivity index (χ0) is 11.3. The topological polar surface area (TPSA) is 43.8 Å². The first-order valence-corrected chi connectivity index (χ1v) is 5.97. The van der Waals surface area contributed by atoms with E-state index in [1.165, 1.54) is 19.3 Å². The highest BCUT2D eigenvalue weighted by atomic mass is 35.5. The van der Waals surface area contributed by atoms with Gasteiger partial charge in [-0.1, -0.05) is 11.6 Å². The minimum atomic E-state index is 0.575. The molecule has 0 amide bonds. The van der Waals surface area contributed by atoms with Crippen molar-refractivity contribution in [2.24, 2.45) is 0 Å². The number of anilines is 1. The highest BCUT2D eigenvalue weighted by Gasteiger charge is 2.23. The fourth-order valence-electron chi connectivity index (χ4n) is 2.28. The van der Waals surface area contributed by atoms with E-state index in [-0.39, 0.29) is 0 Å². The average Bonchev–Trinajstić information content (AvgIpc) is 2.48. The normalized spacial score (nSPS) is 16.6. The van der Waals surface area contributed by atoms with Crippen molar-refractivity contribution < 1.29 is 0 Å². The van der Waals surface area contributed by atoms with Gasteiger partial charge in [0.1, 0.15) is 5.65 Å². The van der Waals surface area contributed by atoms with E-state index in [1.807, 2.05) is 13.1 Å². The first-order valence-electron chi connectivity index (χ1n) is 5.59. The van der Waals surface area contributed by atoms with Crippen molar-refractivity contribution >= 4 is 28.3 Å². The fraction of sp³-hybridized carbons (Fsp3) is 0.417. The summed E-state index contributed by atoms with van der Waals surface area (Å²) < 4.78 is 2.20. The lowest BCUT2D eigenvalue weighted by molar-refractivity contribution is 0.320. The van der Waals surface area contributed by atoms with Gasteiger partial charge in [-0.3, -0.25) is 0 Å². The molecule has 3 nitrogen and oxygen atoms in total. The fourth-order valence-corrected chi connectivity index (χ4v) is 2.61. The lowest BCUT2D eigenvalue weighted by atomic mass is 9.93. The third-order valence-electron chi connectivity index (χ3n) is 3.56. The van der Waals surface area contributed by atoms with Gasteiger partial charge in [-0.25, -0.2) is 4.98 Å². The van der Waals surface area contributed by atoms with Crippen molar-refractivity contribution in [1.29, 1.82) is 0 Å². The first kappa shape index (κ1) is 9.97. The molecule has 2 aromatic heterocycles. The molecule has 0 radical (unpaired) electrons. The molecule has 0 bridgehead atoms. The minimum absolute atomic E-state index is 0.575. The summed E-state index contributed by atoms with van der Waals surface area (Å²) in [4.78, 5) is 4.42. The Labute approximate surface area is 99.2 Å². The number of hydrogen-bond donors (Lipinski definition) is 1. The van der Waals surface area contributed by atoms with Crippen molar-refractivity contribution in [3.63, 3.8) is 0 Å². The Morgan fingerprint density at radius 3 is 2.88 bits per heavy atom. The molecule has 2 aromatic rings. The number of hydrogen-bond acceptors (Lipinski definition) is 2. The quantitative estimate of drug-likeness (QED) is 0.824. The highest BCUT2D eigenvalue weighted by molar-refractivity contribution is 6.35. The van der Waals surface area contributed by atoms with Crippen molar-refractivity contribution in [1.82, 2.24) is 9.55 Å². The van der Waals surface area contributed by atoms with Gasteiger partial charge in [-0.2, -0.15) is 0 Å². The second-order valence-electron chi connectivity index (χ2n) is 4.51. The molecule has 0 unspecified atom stereocenters. The van der Waals surface area contributed by atoms with Gasteiger partial charge >= 0.3 is 0 Å². The van der Waals surface area contributed by atoms with Crippen LogP contribution in [0.25, 0.3) is 11.0 Å². The molecule has 1 aliphatic carbocycles. The van der Waals surface area contributed by atoms with Crippen LogP contribution in [0.2, 0.25) is 5.02 Å². The number of nitrogens with two attached hydrogens (primary N) is 1. The van der Waals surface area contributed by atoms with Crippen molar-refractivity contribution in [2.75, 3.05) is 5.73 Å². The number of aryl methyl sites for hydroxylation is 1. The van der Waals surface area contributed by atoms with Crippen molar-refractivity contribution in [2.45, 2.75) is 32.2 Å². The van der Waals surface area contributed by atoms with Crippen molar-refractivity contribution in [3.8, 4) is 0 Å². The van der Waals surface area contributed by atoms with E-state index < -0.39 is 0 Å². The molecular formula is C12H14ClN3. The van der Waals surface area contributed by atoms with Gasteiger partial charge in [-0.05, 0) is 31.7 Å². The van der Waals surface area contributed by atoms with E-state index in [1.54, 1.807) is 6.20 Å². The van der Waals surface area contributed by atoms with Gasteiger partial charge in [0.25, 0.3) is 0 Å². The maximum atomic E-state index is 6.26. The summed E-state index contributed by atoms with van der Waals surface area (Å²) in [6.45, 7) is 2.00. The Morgan fingerprint density at radius 2 is 2.25 bits per heavy atom. The second-order valence-corrected chi connectivity index (χ2v) is 4.91. The SMILES string of the molecule is Cc1c(N)cnc2c1c(Cl)cn2C1CCC1. The molecule has 1 fully saturated rings. The lowest BCUT2D eigenvalue weighted by Crippen LogP contribution is -2.16. The minimum Gasteiger partial charge on any atom is -0.397 e. The van der Waals surface area contributed by atoms with E-state index in [4.69, 9.17) is 17.3 Å². The van der Waals surface area contributed by atoms with Crippen LogP contribution in [-0.4, -0.2) is 9.55 Å². The van der Waals surface area contributed by atoms with Gasteiger partial charge in [0.15, 0.2) is 0 Å². The van der Waals surface area contributed by atoms with E-state index >= 15 is 0 Å². The van der Waals surface area contributed by atoms with Crippen LogP contribution >= 0.6 is 11.6 Å². The maximum Gasteiger partial charge on any atom is 0.142 e. The van der Waals surface area contributed by atoms with Crippen LogP contribution in [0.1, 0.15) is 30.9 Å². The molecule has 3 rings (SSSR count). The summed E-state index contributed by atoms with van der Waals surface area (Å²) in [5.74, 6) is 0. The van der Waals surface area contributed by atoms with Crippen LogP contribution in [-0.2, 0) is 0 Å². The molecule has 0 spiro atoms. The summed E-state index contributed by atoms with van der Waals surface area (Å²) in [5.41, 5.74) is 8.57. The van der Waals surface area contributed by atoms with Gasteiger partial charge in [-0.15, -0.1) is 0 Å². The smallest absolute Gasteiger partial charge is 0.142 e. The summed E-state index contributed by atoms with van der Waals surface area (Å²) >= 11 is 6.26. The molecule has 0 aromatic carbocycles. The Morgan fingerprint density at radius 1 is 1.50 bits per heavy atom. The third kappa shape index (κ3) is 1.24. The largest absolute Gasteiger partial charge is 0.397 e. The summed E-state index contributed by atoms with van der Waals surface area (Å²) in [5, 5.41) is 1.77. The predicted octanol–water partition coefficient (Wildman–Crippen LogP) is 3.31. The van der Waals surface area contributed by atoms with Crippen LogP contribution in [0, 0.1) is 6.92 Å². The second kappa shape index (κ2) is 3.39. The lowest BCUT2D eigenvalue weighted by Gasteiger charge is -2.27. The standard InChI is InChI=1S/C12H14ClN3/c1-7-10(14)5-15-12-11(7)9(13)6-16(12)8-3-2-4-8/h5-6,8H,2-4,14H2,1H3. The number of rotatable bonds is 1. The van der Waals surface area contributed by atoms with Crippen LogP contribution in [0.5, 0.6) is 0 Å². The summed E-state index contributed by atoms with van der Waals surface area (Å²) in [6.07, 6.45) is 7.48. The molecule has 2 heterocycles. The molecule has 0 saturated heterocycles. The molecule has 1 aliphatic rings. The predicted molar refractivity (Wildman–Crippen MR) is 66.8 cm³/mol. The number of fused-ring (bicyclic) bond motifs is 1. The third-order valence-corrected chi connectivity index (χ3v) is 3.85. The first-order chi connectivity index (χ1) is 7.68. The van der Waals surface area contributed by atoms with E-state index in [9.17, 15) is 0 Å². The van der Waals surface area contributed by atoms with Gasteiger partial charge in [0.05, 0.1) is 16.9 Å².